The molecule has 21 heavy (non-hydrogen) atoms. The zero-order chi connectivity index (χ0) is 15.0. The Hall–Kier alpha value is -2.31. The predicted octanol–water partition coefficient (Wildman–Crippen LogP) is 2.68. The molecule has 1 aromatic heterocycles. The van der Waals surface area contributed by atoms with Crippen LogP contribution in [0.2, 0.25) is 0 Å². The molecule has 0 unspecified atom stereocenters. The molecule has 110 valence electrons. The van der Waals surface area contributed by atoms with Gasteiger partial charge >= 0.3 is 6.55 Å². The highest BCUT2D eigenvalue weighted by Gasteiger charge is 2.29. The first kappa shape index (κ1) is 13.7. The van der Waals surface area contributed by atoms with E-state index >= 15 is 0 Å². The van der Waals surface area contributed by atoms with E-state index in [0.717, 1.165) is 17.4 Å². The number of carbonyl (C=O) groups is 1. The number of nitrogens with one attached hydrogen (secondary N) is 1. The van der Waals surface area contributed by atoms with E-state index in [4.69, 9.17) is 0 Å². The van der Waals surface area contributed by atoms with Crippen molar-refractivity contribution >= 4 is 22.7 Å². The number of alkyl halides is 2. The zero-order valence-electron chi connectivity index (χ0n) is 11.4. The molecule has 1 aromatic carbocycles. The number of nitrogens with zero attached hydrogens (tertiary/aromatic N) is 3. The molecule has 1 aliphatic rings. The molecule has 0 bridgehead atoms. The molecular formula is C14H14F2N4O. The first-order valence-corrected chi connectivity index (χ1v) is 6.67. The van der Waals surface area contributed by atoms with E-state index in [-0.39, 0.29) is 23.4 Å². The summed E-state index contributed by atoms with van der Waals surface area (Å²) < 4.78 is 27.4. The first-order chi connectivity index (χ1) is 10.1. The van der Waals surface area contributed by atoms with Crippen molar-refractivity contribution in [2.45, 2.75) is 26.3 Å². The number of carbonyl (C=O) groups excluding carboxylic acids is 1. The Labute approximate surface area is 119 Å². The number of halogens is 2. The third kappa shape index (κ3) is 2.63. The van der Waals surface area contributed by atoms with Crippen LogP contribution in [0.15, 0.2) is 29.4 Å². The Balaban J connectivity index is 1.96. The smallest absolute Gasteiger partial charge is 0.273 e. The van der Waals surface area contributed by atoms with E-state index in [1.165, 1.54) is 0 Å². The number of para-hydroxylation sites is 2. The van der Waals surface area contributed by atoms with Gasteiger partial charge in [-0.3, -0.25) is 9.36 Å². The van der Waals surface area contributed by atoms with Crippen LogP contribution in [0.25, 0.3) is 11.0 Å². The van der Waals surface area contributed by atoms with E-state index in [9.17, 15) is 13.6 Å². The third-order valence-corrected chi connectivity index (χ3v) is 3.40. The van der Waals surface area contributed by atoms with Crippen molar-refractivity contribution in [3.05, 3.63) is 30.1 Å². The van der Waals surface area contributed by atoms with Crippen LogP contribution < -0.4 is 5.43 Å². The molecular weight excluding hydrogens is 278 g/mol. The lowest BCUT2D eigenvalue weighted by atomic mass is 10.3. The molecule has 0 atom stereocenters. The molecule has 0 radical (unpaired) electrons. The number of hydrogen-bond acceptors (Lipinski definition) is 3. The SMILES string of the molecule is C/C(=N\NC(=O)C1CC1)c1nc2ccccc2n1C(F)F. The zero-order valence-corrected chi connectivity index (χ0v) is 11.4. The summed E-state index contributed by atoms with van der Waals surface area (Å²) in [4.78, 5) is 15.7. The molecule has 7 heteroatoms. The molecule has 1 N–H and O–H groups in total. The van der Waals surface area contributed by atoms with Gasteiger partial charge in [0, 0.05) is 5.92 Å². The maximum absolute atomic E-state index is 13.3. The number of rotatable bonds is 4. The van der Waals surface area contributed by atoms with Crippen molar-refractivity contribution < 1.29 is 13.6 Å². The Kier molecular flexibility index (Phi) is 3.40. The quantitative estimate of drug-likeness (QED) is 0.695. The number of benzene rings is 1. The predicted molar refractivity (Wildman–Crippen MR) is 74.1 cm³/mol. The molecule has 1 heterocycles. The summed E-state index contributed by atoms with van der Waals surface area (Å²) in [6, 6.07) is 6.64. The second-order valence-corrected chi connectivity index (χ2v) is 5.02. The summed E-state index contributed by atoms with van der Waals surface area (Å²) in [7, 11) is 0. The van der Waals surface area contributed by atoms with Crippen LogP contribution in [0.3, 0.4) is 0 Å². The maximum atomic E-state index is 13.3. The van der Waals surface area contributed by atoms with E-state index in [2.05, 4.69) is 15.5 Å². The molecule has 0 aliphatic heterocycles. The van der Waals surface area contributed by atoms with Gasteiger partial charge in [0.1, 0.15) is 5.71 Å². The van der Waals surface area contributed by atoms with Gasteiger partial charge in [0.25, 0.3) is 0 Å². The van der Waals surface area contributed by atoms with Crippen molar-refractivity contribution in [2.24, 2.45) is 11.0 Å². The van der Waals surface area contributed by atoms with Gasteiger partial charge < -0.3 is 0 Å². The lowest BCUT2D eigenvalue weighted by molar-refractivity contribution is -0.122. The lowest BCUT2D eigenvalue weighted by Gasteiger charge is -2.07. The van der Waals surface area contributed by atoms with Crippen LogP contribution in [-0.2, 0) is 4.79 Å². The van der Waals surface area contributed by atoms with Gasteiger partial charge in [-0.25, -0.2) is 10.4 Å². The van der Waals surface area contributed by atoms with Crippen LogP contribution in [-0.4, -0.2) is 21.2 Å². The number of hydrazone groups is 1. The highest BCUT2D eigenvalue weighted by molar-refractivity contribution is 5.99. The highest BCUT2D eigenvalue weighted by atomic mass is 19.3. The summed E-state index contributed by atoms with van der Waals surface area (Å²) in [6.45, 7) is -1.18. The fourth-order valence-electron chi connectivity index (χ4n) is 2.12. The molecule has 1 aliphatic carbocycles. The van der Waals surface area contributed by atoms with Crippen LogP contribution in [0.1, 0.15) is 32.1 Å². The second-order valence-electron chi connectivity index (χ2n) is 5.02. The van der Waals surface area contributed by atoms with Gasteiger partial charge in [0.15, 0.2) is 5.82 Å². The summed E-state index contributed by atoms with van der Waals surface area (Å²) in [5, 5.41) is 3.89. The minimum atomic E-state index is -2.73. The summed E-state index contributed by atoms with van der Waals surface area (Å²) in [5.41, 5.74) is 3.46. The molecule has 5 nitrogen and oxygen atoms in total. The van der Waals surface area contributed by atoms with Crippen molar-refractivity contribution in [1.29, 1.82) is 0 Å². The number of hydrogen-bond donors (Lipinski definition) is 1. The Bertz CT molecular complexity index is 719. The van der Waals surface area contributed by atoms with E-state index in [0.29, 0.717) is 11.0 Å². The van der Waals surface area contributed by atoms with Crippen molar-refractivity contribution in [3.63, 3.8) is 0 Å². The van der Waals surface area contributed by atoms with Crippen molar-refractivity contribution in [1.82, 2.24) is 15.0 Å². The van der Waals surface area contributed by atoms with Gasteiger partial charge in [-0.05, 0) is 31.9 Å². The Morgan fingerprint density at radius 1 is 1.43 bits per heavy atom. The Morgan fingerprint density at radius 3 is 2.81 bits per heavy atom. The standard InChI is InChI=1S/C14H14F2N4O/c1-8(18-19-13(21)9-6-7-9)12-17-10-4-2-3-5-11(10)20(12)14(15)16/h2-5,9,14H,6-7H2,1H3,(H,19,21)/b18-8+. The molecule has 1 fully saturated rings. The van der Waals surface area contributed by atoms with Crippen molar-refractivity contribution in [2.75, 3.05) is 0 Å². The van der Waals surface area contributed by atoms with Crippen LogP contribution in [0.4, 0.5) is 8.78 Å². The number of aromatic nitrogens is 2. The highest BCUT2D eigenvalue weighted by Crippen LogP contribution is 2.28. The minimum Gasteiger partial charge on any atom is -0.273 e. The molecule has 1 saturated carbocycles. The van der Waals surface area contributed by atoms with E-state index < -0.39 is 6.55 Å². The summed E-state index contributed by atoms with van der Waals surface area (Å²) >= 11 is 0. The van der Waals surface area contributed by atoms with Gasteiger partial charge in [-0.2, -0.15) is 13.9 Å². The Morgan fingerprint density at radius 2 is 2.14 bits per heavy atom. The summed E-state index contributed by atoms with van der Waals surface area (Å²) in [5.74, 6) is -0.105. The topological polar surface area (TPSA) is 59.3 Å². The van der Waals surface area contributed by atoms with Crippen LogP contribution in [0.5, 0.6) is 0 Å². The fraction of sp³-hybridized carbons (Fsp3) is 0.357. The monoisotopic (exact) mass is 292 g/mol. The number of amides is 1. The second kappa shape index (κ2) is 5.23. The molecule has 2 aromatic rings. The maximum Gasteiger partial charge on any atom is 0.320 e. The molecule has 3 rings (SSSR count). The normalized spacial score (nSPS) is 15.7. The van der Waals surface area contributed by atoms with Gasteiger partial charge in [0.2, 0.25) is 5.91 Å². The van der Waals surface area contributed by atoms with Gasteiger partial charge in [0.05, 0.1) is 11.0 Å². The van der Waals surface area contributed by atoms with E-state index in [1.807, 2.05) is 0 Å². The average Bonchev–Trinajstić information content (AvgIpc) is 3.23. The van der Waals surface area contributed by atoms with Crippen LogP contribution >= 0.6 is 0 Å². The lowest BCUT2D eigenvalue weighted by Crippen LogP contribution is -2.22. The van der Waals surface area contributed by atoms with E-state index in [1.54, 1.807) is 31.2 Å². The third-order valence-electron chi connectivity index (χ3n) is 3.40. The molecule has 1 amide bonds. The first-order valence-electron chi connectivity index (χ1n) is 6.67. The molecule has 0 spiro atoms. The largest absolute Gasteiger partial charge is 0.320 e. The average molecular weight is 292 g/mol. The van der Waals surface area contributed by atoms with Crippen molar-refractivity contribution in [3.8, 4) is 0 Å². The van der Waals surface area contributed by atoms with Gasteiger partial charge in [-0.1, -0.05) is 12.1 Å². The number of fused-ring (bicyclic) bond motifs is 1. The van der Waals surface area contributed by atoms with Crippen LogP contribution in [0, 0.1) is 5.92 Å². The fourth-order valence-corrected chi connectivity index (χ4v) is 2.12. The minimum absolute atomic E-state index is 0.00969. The molecule has 0 saturated heterocycles. The number of imidazole rings is 1. The van der Waals surface area contributed by atoms with Gasteiger partial charge in [-0.15, -0.1) is 0 Å². The summed E-state index contributed by atoms with van der Waals surface area (Å²) in [6.07, 6.45) is 1.71.